The van der Waals surface area contributed by atoms with E-state index in [4.69, 9.17) is 0 Å². The molecule has 9 nitrogen and oxygen atoms in total. The van der Waals surface area contributed by atoms with Crippen LogP contribution in [0.3, 0.4) is 0 Å². The first-order valence-corrected chi connectivity index (χ1v) is 13.2. The van der Waals surface area contributed by atoms with E-state index in [1.54, 1.807) is 23.9 Å². The molecule has 2 amide bonds. The predicted molar refractivity (Wildman–Crippen MR) is 139 cm³/mol. The fourth-order valence-electron chi connectivity index (χ4n) is 5.29. The molecule has 0 aromatic carbocycles. The number of rotatable bonds is 9. The lowest BCUT2D eigenvalue weighted by Crippen LogP contribution is -2.50. The molecule has 10 heteroatoms. The quantitative estimate of drug-likeness (QED) is 0.251. The second-order valence-corrected chi connectivity index (χ2v) is 10.8. The minimum atomic E-state index is -0.793. The lowest BCUT2D eigenvalue weighted by molar-refractivity contribution is -0.605. The van der Waals surface area contributed by atoms with E-state index in [1.807, 2.05) is 20.8 Å². The first-order valence-electron chi connectivity index (χ1n) is 13.2. The number of hydrogen-bond donors (Lipinski definition) is 2. The van der Waals surface area contributed by atoms with Crippen LogP contribution in [0, 0.1) is 42.8 Å². The van der Waals surface area contributed by atoms with Crippen LogP contribution in [0.4, 0.5) is 10.2 Å². The number of aromatic nitrogens is 4. The maximum atomic E-state index is 15.1. The van der Waals surface area contributed by atoms with Crippen LogP contribution in [0.1, 0.15) is 67.2 Å². The van der Waals surface area contributed by atoms with E-state index in [0.717, 1.165) is 36.8 Å². The van der Waals surface area contributed by atoms with Crippen LogP contribution in [0.15, 0.2) is 36.8 Å². The molecule has 0 aliphatic heterocycles. The van der Waals surface area contributed by atoms with Gasteiger partial charge in [0, 0.05) is 23.4 Å². The number of pyridine rings is 2. The summed E-state index contributed by atoms with van der Waals surface area (Å²) < 4.78 is 17.4. The Hall–Kier alpha value is -3.82. The van der Waals surface area contributed by atoms with Gasteiger partial charge in [-0.1, -0.05) is 0 Å². The highest BCUT2D eigenvalue weighted by molar-refractivity contribution is 6.00. The minimum Gasteiger partial charge on any atom is -0.619 e. The topological polar surface area (TPSA) is 116 Å². The fraction of sp³-hybridized carbons (Fsp3) is 0.464. The Morgan fingerprint density at radius 1 is 1.08 bits per heavy atom. The summed E-state index contributed by atoms with van der Waals surface area (Å²) in [6, 6.07) is 3.87. The molecule has 3 aromatic rings. The summed E-state index contributed by atoms with van der Waals surface area (Å²) in [4.78, 5) is 30.9. The molecule has 3 heterocycles. The van der Waals surface area contributed by atoms with Gasteiger partial charge in [-0.15, -0.1) is 0 Å². The Bertz CT molecular complexity index is 1370. The second kappa shape index (κ2) is 10.2. The molecule has 2 aliphatic rings. The van der Waals surface area contributed by atoms with Gasteiger partial charge in [-0.05, 0) is 94.9 Å². The van der Waals surface area contributed by atoms with Crippen molar-refractivity contribution in [3.63, 3.8) is 0 Å². The second-order valence-electron chi connectivity index (χ2n) is 10.8. The van der Waals surface area contributed by atoms with Gasteiger partial charge in [0.1, 0.15) is 17.6 Å². The summed E-state index contributed by atoms with van der Waals surface area (Å²) in [5, 5.41) is 21.9. The van der Waals surface area contributed by atoms with E-state index in [0.29, 0.717) is 27.8 Å². The fourth-order valence-corrected chi connectivity index (χ4v) is 5.29. The van der Waals surface area contributed by atoms with Gasteiger partial charge in [-0.25, -0.2) is 4.98 Å². The van der Waals surface area contributed by atoms with Crippen LogP contribution < -0.4 is 15.4 Å². The van der Waals surface area contributed by atoms with Gasteiger partial charge in [0.2, 0.25) is 11.9 Å². The minimum absolute atomic E-state index is 0.0143. The summed E-state index contributed by atoms with van der Waals surface area (Å²) >= 11 is 0. The molecular weight excluding hydrogens is 487 g/mol. The van der Waals surface area contributed by atoms with Crippen LogP contribution in [-0.4, -0.2) is 32.6 Å². The molecule has 2 fully saturated rings. The van der Waals surface area contributed by atoms with Crippen LogP contribution >= 0.6 is 0 Å². The zero-order valence-corrected chi connectivity index (χ0v) is 22.1. The number of carbonyl (C=O) groups excluding carboxylic acids is 2. The lowest BCUT2D eigenvalue weighted by atomic mass is 9.88. The molecule has 3 aromatic heterocycles. The van der Waals surface area contributed by atoms with Gasteiger partial charge in [0.15, 0.2) is 12.4 Å². The molecule has 0 bridgehead atoms. The Morgan fingerprint density at radius 3 is 2.37 bits per heavy atom. The van der Waals surface area contributed by atoms with Crippen molar-refractivity contribution in [3.05, 3.63) is 64.8 Å². The lowest BCUT2D eigenvalue weighted by Gasteiger charge is -2.27. The number of carbonyl (C=O) groups is 2. The number of amides is 2. The summed E-state index contributed by atoms with van der Waals surface area (Å²) in [7, 11) is 0. The zero-order valence-electron chi connectivity index (χ0n) is 22.1. The molecule has 2 saturated carbocycles. The van der Waals surface area contributed by atoms with Crippen LogP contribution in [0.5, 0.6) is 0 Å². The summed E-state index contributed by atoms with van der Waals surface area (Å²) in [5.74, 6) is -0.750. The Kier molecular flexibility index (Phi) is 6.90. The molecule has 38 heavy (non-hydrogen) atoms. The number of nitrogens with zero attached hydrogens (tertiary/aromatic N) is 4. The molecule has 0 radical (unpaired) electrons. The largest absolute Gasteiger partial charge is 0.619 e. The smallest absolute Gasteiger partial charge is 0.270 e. The zero-order chi connectivity index (χ0) is 27.1. The van der Waals surface area contributed by atoms with Gasteiger partial charge >= 0.3 is 0 Å². The van der Waals surface area contributed by atoms with Gasteiger partial charge < -0.3 is 15.8 Å². The van der Waals surface area contributed by atoms with Gasteiger partial charge in [0.05, 0.1) is 5.56 Å². The van der Waals surface area contributed by atoms with E-state index in [2.05, 4.69) is 20.7 Å². The third kappa shape index (κ3) is 5.25. The van der Waals surface area contributed by atoms with Crippen LogP contribution in [-0.2, 0) is 4.79 Å². The maximum Gasteiger partial charge on any atom is 0.270 e. The van der Waals surface area contributed by atoms with Gasteiger partial charge in [0.25, 0.3) is 5.91 Å². The molecule has 1 atom stereocenters. The molecule has 5 rings (SSSR count). The summed E-state index contributed by atoms with van der Waals surface area (Å²) in [6.45, 7) is 7.47. The first-order chi connectivity index (χ1) is 18.1. The van der Waals surface area contributed by atoms with Crippen molar-refractivity contribution in [1.29, 1.82) is 0 Å². The molecular formula is C28H33FN6O3. The van der Waals surface area contributed by atoms with Crippen molar-refractivity contribution in [2.24, 2.45) is 17.8 Å². The average Bonchev–Trinajstić information content (AvgIpc) is 3.80. The highest BCUT2D eigenvalue weighted by Crippen LogP contribution is 2.51. The maximum absolute atomic E-state index is 15.1. The molecule has 0 unspecified atom stereocenters. The predicted octanol–water partition coefficient (Wildman–Crippen LogP) is 4.09. The van der Waals surface area contributed by atoms with Crippen molar-refractivity contribution < 1.29 is 18.7 Å². The molecule has 200 valence electrons. The van der Waals surface area contributed by atoms with Crippen molar-refractivity contribution >= 4 is 17.6 Å². The Morgan fingerprint density at radius 2 is 1.76 bits per heavy atom. The average molecular weight is 521 g/mol. The van der Waals surface area contributed by atoms with Crippen molar-refractivity contribution in [2.75, 3.05) is 5.32 Å². The number of nitrogens with one attached hydrogen (secondary N) is 2. The van der Waals surface area contributed by atoms with Crippen molar-refractivity contribution in [3.8, 4) is 11.1 Å². The van der Waals surface area contributed by atoms with E-state index in [-0.39, 0.29) is 29.2 Å². The number of anilines is 1. The SMILES string of the molecule is Cc1c[n+]([O-])cc(-c2ccc(NC(=O)[C@@H](NC(=O)c3ccnn3C(C)C)C(C3CC3)C3CC3)nc2F)c1C. The van der Waals surface area contributed by atoms with E-state index in [9.17, 15) is 14.8 Å². The summed E-state index contributed by atoms with van der Waals surface area (Å²) in [6.07, 6.45) is 8.43. The Labute approximate surface area is 221 Å². The standard InChI is InChI=1S/C28H33FN6O3/c1-15(2)35-22(11-12-30-35)27(36)33-25(24(18-5-6-18)19-7-8-19)28(37)32-23-10-9-20(26(29)31-23)21-14-34(38)13-16(3)17(21)4/h9-15,18-19,24-25H,5-8H2,1-4H3,(H,33,36)(H,31,32,37)/t25-/m0/s1. The van der Waals surface area contributed by atoms with Crippen LogP contribution in [0.25, 0.3) is 11.1 Å². The van der Waals surface area contributed by atoms with E-state index in [1.165, 1.54) is 24.5 Å². The molecule has 2 N–H and O–H groups in total. The third-order valence-electron chi connectivity index (χ3n) is 7.64. The highest BCUT2D eigenvalue weighted by atomic mass is 19.1. The molecule has 0 saturated heterocycles. The third-order valence-corrected chi connectivity index (χ3v) is 7.64. The van der Waals surface area contributed by atoms with Crippen molar-refractivity contribution in [2.45, 2.75) is 65.5 Å². The van der Waals surface area contributed by atoms with Gasteiger partial charge in [-0.3, -0.25) is 14.3 Å². The number of halogens is 1. The Balaban J connectivity index is 1.40. The molecule has 2 aliphatic carbocycles. The summed E-state index contributed by atoms with van der Waals surface area (Å²) in [5.41, 5.74) is 2.51. The number of hydrogen-bond acceptors (Lipinski definition) is 5. The monoisotopic (exact) mass is 520 g/mol. The number of aryl methyl sites for hydroxylation is 1. The highest BCUT2D eigenvalue weighted by Gasteiger charge is 2.48. The first kappa shape index (κ1) is 25.8. The normalized spacial score (nSPS) is 16.1. The van der Waals surface area contributed by atoms with Crippen molar-refractivity contribution in [1.82, 2.24) is 20.1 Å². The van der Waals surface area contributed by atoms with Crippen LogP contribution in [0.2, 0.25) is 0 Å². The van der Waals surface area contributed by atoms with E-state index < -0.39 is 17.9 Å². The van der Waals surface area contributed by atoms with E-state index >= 15 is 4.39 Å². The van der Waals surface area contributed by atoms with Gasteiger partial charge in [-0.2, -0.15) is 14.2 Å². The molecule has 0 spiro atoms.